The van der Waals surface area contributed by atoms with Gasteiger partial charge in [0, 0.05) is 11.4 Å². The number of hydrogen-bond donors (Lipinski definition) is 0. The Bertz CT molecular complexity index is 641. The van der Waals surface area contributed by atoms with Crippen LogP contribution in [0.2, 0.25) is 0 Å². The predicted molar refractivity (Wildman–Crippen MR) is 87.3 cm³/mol. The third-order valence-electron chi connectivity index (χ3n) is 2.76. The lowest BCUT2D eigenvalue weighted by molar-refractivity contribution is 0.701. The Hall–Kier alpha value is -1.71. The Morgan fingerprint density at radius 1 is 1.29 bits per heavy atom. The second-order valence-corrected chi connectivity index (χ2v) is 6.34. The summed E-state index contributed by atoms with van der Waals surface area (Å²) in [5, 5.41) is 17.8. The van der Waals surface area contributed by atoms with Crippen LogP contribution in [0.5, 0.6) is 0 Å². The van der Waals surface area contributed by atoms with Gasteiger partial charge in [0.1, 0.15) is 5.82 Å². The predicted octanol–water partition coefficient (Wildman–Crippen LogP) is 3.68. The first-order valence-electron chi connectivity index (χ1n) is 6.46. The van der Waals surface area contributed by atoms with E-state index < -0.39 is 0 Å². The third kappa shape index (κ3) is 4.38. The first-order chi connectivity index (χ1) is 10.2. The molecule has 1 aromatic heterocycles. The Morgan fingerprint density at radius 2 is 2.05 bits per heavy atom. The average Bonchev–Trinajstić information content (AvgIpc) is 2.87. The van der Waals surface area contributed by atoms with Crippen LogP contribution < -0.4 is 0 Å². The van der Waals surface area contributed by atoms with Crippen molar-refractivity contribution in [1.82, 2.24) is 14.8 Å². The van der Waals surface area contributed by atoms with Crippen molar-refractivity contribution in [3.8, 4) is 6.07 Å². The molecule has 0 unspecified atom stereocenters. The lowest BCUT2D eigenvalue weighted by Gasteiger charge is -2.06. The highest BCUT2D eigenvalue weighted by atomic mass is 32.2. The summed E-state index contributed by atoms with van der Waals surface area (Å²) in [6.45, 7) is 6.50. The Morgan fingerprint density at radius 3 is 2.71 bits per heavy atom. The molecule has 0 radical (unpaired) electrons. The molecule has 1 aromatic carbocycles. The van der Waals surface area contributed by atoms with Crippen molar-refractivity contribution < 1.29 is 0 Å². The summed E-state index contributed by atoms with van der Waals surface area (Å²) < 4.78 is 2.01. The van der Waals surface area contributed by atoms with Crippen molar-refractivity contribution in [3.63, 3.8) is 0 Å². The molecule has 0 saturated heterocycles. The molecule has 0 fully saturated rings. The number of rotatable bonds is 7. The molecule has 0 amide bonds. The first-order valence-corrected chi connectivity index (χ1v) is 8.44. The molecule has 0 atom stereocenters. The smallest absolute Gasteiger partial charge is 0.192 e. The molecule has 0 spiro atoms. The van der Waals surface area contributed by atoms with Crippen LogP contribution in [0.1, 0.15) is 11.4 Å². The van der Waals surface area contributed by atoms with Crippen molar-refractivity contribution in [2.75, 3.05) is 5.75 Å². The number of benzene rings is 1. The minimum Gasteiger partial charge on any atom is -0.301 e. The molecule has 21 heavy (non-hydrogen) atoms. The van der Waals surface area contributed by atoms with E-state index in [9.17, 15) is 0 Å². The SMILES string of the molecule is C=CCn1c(CSc2ccc(C)cc2)nnc1SCC#N. The summed E-state index contributed by atoms with van der Waals surface area (Å²) in [6, 6.07) is 10.5. The fourth-order valence-corrected chi connectivity index (χ4v) is 3.19. The minimum atomic E-state index is 0.375. The van der Waals surface area contributed by atoms with Gasteiger partial charge in [0.15, 0.2) is 5.16 Å². The fourth-order valence-electron chi connectivity index (χ4n) is 1.72. The van der Waals surface area contributed by atoms with Gasteiger partial charge < -0.3 is 4.57 Å². The van der Waals surface area contributed by atoms with Gasteiger partial charge in [-0.05, 0) is 19.1 Å². The Balaban J connectivity index is 2.08. The van der Waals surface area contributed by atoms with Crippen LogP contribution in [0, 0.1) is 18.3 Å². The zero-order valence-corrected chi connectivity index (χ0v) is 13.5. The topological polar surface area (TPSA) is 54.5 Å². The van der Waals surface area contributed by atoms with Crippen molar-refractivity contribution in [2.24, 2.45) is 0 Å². The average molecular weight is 316 g/mol. The van der Waals surface area contributed by atoms with Crippen LogP contribution in [-0.2, 0) is 12.3 Å². The number of hydrogen-bond acceptors (Lipinski definition) is 5. The second-order valence-electron chi connectivity index (χ2n) is 4.35. The Labute approximate surface area is 133 Å². The van der Waals surface area contributed by atoms with Crippen LogP contribution >= 0.6 is 23.5 Å². The molecule has 2 aromatic rings. The van der Waals surface area contributed by atoms with Crippen LogP contribution in [0.3, 0.4) is 0 Å². The van der Waals surface area contributed by atoms with Gasteiger partial charge in [-0.25, -0.2) is 0 Å². The second kappa shape index (κ2) is 7.91. The number of nitriles is 1. The van der Waals surface area contributed by atoms with E-state index in [1.165, 1.54) is 22.2 Å². The van der Waals surface area contributed by atoms with Crippen LogP contribution in [-0.4, -0.2) is 20.5 Å². The number of allylic oxidation sites excluding steroid dienone is 1. The maximum atomic E-state index is 8.68. The molecule has 0 aliphatic carbocycles. The monoisotopic (exact) mass is 316 g/mol. The molecule has 0 aliphatic heterocycles. The van der Waals surface area contributed by atoms with E-state index in [-0.39, 0.29) is 0 Å². The molecule has 2 rings (SSSR count). The number of thioether (sulfide) groups is 2. The summed E-state index contributed by atoms with van der Waals surface area (Å²) in [6.07, 6.45) is 1.82. The quantitative estimate of drug-likeness (QED) is 0.576. The van der Waals surface area contributed by atoms with Crippen molar-refractivity contribution in [2.45, 2.75) is 29.3 Å². The molecule has 1 heterocycles. The summed E-state index contributed by atoms with van der Waals surface area (Å²) in [5.74, 6) is 2.03. The highest BCUT2D eigenvalue weighted by molar-refractivity contribution is 7.99. The van der Waals surface area contributed by atoms with Gasteiger partial charge in [-0.3, -0.25) is 0 Å². The molecular weight excluding hydrogens is 300 g/mol. The van der Waals surface area contributed by atoms with E-state index in [1.54, 1.807) is 11.8 Å². The zero-order valence-electron chi connectivity index (χ0n) is 11.8. The minimum absolute atomic E-state index is 0.375. The van der Waals surface area contributed by atoms with Crippen molar-refractivity contribution >= 4 is 23.5 Å². The van der Waals surface area contributed by atoms with E-state index in [4.69, 9.17) is 5.26 Å². The molecule has 0 aliphatic rings. The lowest BCUT2D eigenvalue weighted by atomic mass is 10.2. The van der Waals surface area contributed by atoms with E-state index >= 15 is 0 Å². The zero-order chi connectivity index (χ0) is 15.1. The molecule has 108 valence electrons. The van der Waals surface area contributed by atoms with E-state index in [0.29, 0.717) is 12.3 Å². The lowest BCUT2D eigenvalue weighted by Crippen LogP contribution is -2.03. The maximum Gasteiger partial charge on any atom is 0.192 e. The Kier molecular flexibility index (Phi) is 5.90. The number of aromatic nitrogens is 3. The molecule has 4 nitrogen and oxygen atoms in total. The largest absolute Gasteiger partial charge is 0.301 e. The van der Waals surface area contributed by atoms with Crippen molar-refractivity contribution in [3.05, 3.63) is 48.3 Å². The highest BCUT2D eigenvalue weighted by Crippen LogP contribution is 2.24. The van der Waals surface area contributed by atoms with Gasteiger partial charge >= 0.3 is 0 Å². The first kappa shape index (κ1) is 15.7. The molecule has 6 heteroatoms. The molecular formula is C15H16N4S2. The summed E-state index contributed by atoms with van der Waals surface area (Å²) in [4.78, 5) is 1.21. The van der Waals surface area contributed by atoms with Crippen LogP contribution in [0.25, 0.3) is 0 Å². The molecule has 0 saturated carbocycles. The van der Waals surface area contributed by atoms with Gasteiger partial charge in [-0.1, -0.05) is 35.5 Å². The van der Waals surface area contributed by atoms with Crippen molar-refractivity contribution in [1.29, 1.82) is 5.26 Å². The maximum absolute atomic E-state index is 8.68. The van der Waals surface area contributed by atoms with E-state index in [2.05, 4.69) is 54.0 Å². The van der Waals surface area contributed by atoms with E-state index in [1.807, 2.05) is 10.6 Å². The van der Waals surface area contributed by atoms with Gasteiger partial charge in [-0.2, -0.15) is 5.26 Å². The van der Waals surface area contributed by atoms with Gasteiger partial charge in [0.2, 0.25) is 0 Å². The fraction of sp³-hybridized carbons (Fsp3) is 0.267. The van der Waals surface area contributed by atoms with E-state index in [0.717, 1.165) is 16.7 Å². The molecule has 0 N–H and O–H groups in total. The number of nitrogens with zero attached hydrogens (tertiary/aromatic N) is 4. The highest BCUT2D eigenvalue weighted by Gasteiger charge is 2.11. The molecule has 0 bridgehead atoms. The normalized spacial score (nSPS) is 10.3. The summed E-state index contributed by atoms with van der Waals surface area (Å²) in [7, 11) is 0. The standard InChI is InChI=1S/C15H16N4S2/c1-3-9-19-14(17-18-15(19)20-10-8-16)11-21-13-6-4-12(2)5-7-13/h3-7H,1,9-11H2,2H3. The third-order valence-corrected chi connectivity index (χ3v) is 4.60. The van der Waals surface area contributed by atoms with Crippen LogP contribution in [0.4, 0.5) is 0 Å². The summed E-state index contributed by atoms with van der Waals surface area (Å²) >= 11 is 3.13. The van der Waals surface area contributed by atoms with Gasteiger partial charge in [0.05, 0.1) is 17.6 Å². The number of aryl methyl sites for hydroxylation is 1. The van der Waals surface area contributed by atoms with Gasteiger partial charge in [0.25, 0.3) is 0 Å². The van der Waals surface area contributed by atoms with Crippen LogP contribution in [0.15, 0.2) is 47.0 Å². The van der Waals surface area contributed by atoms with Gasteiger partial charge in [-0.15, -0.1) is 28.5 Å². The summed E-state index contributed by atoms with van der Waals surface area (Å²) in [5.41, 5.74) is 1.25.